The van der Waals surface area contributed by atoms with E-state index in [9.17, 15) is 5.26 Å². The van der Waals surface area contributed by atoms with Gasteiger partial charge < -0.3 is 15.0 Å². The Morgan fingerprint density at radius 2 is 2.14 bits per heavy atom. The maximum absolute atomic E-state index is 9.53. The highest BCUT2D eigenvalue weighted by atomic mass is 35.5. The van der Waals surface area contributed by atoms with E-state index in [4.69, 9.17) is 16.3 Å². The minimum atomic E-state index is 0.524. The van der Waals surface area contributed by atoms with Crippen molar-refractivity contribution >= 4 is 33.9 Å². The first-order chi connectivity index (χ1) is 14.2. The second-order valence-corrected chi connectivity index (χ2v) is 7.20. The first kappa shape index (κ1) is 19.0. The summed E-state index contributed by atoms with van der Waals surface area (Å²) in [5.74, 6) is 1.28. The minimum Gasteiger partial charge on any atom is -0.495 e. The van der Waals surface area contributed by atoms with E-state index < -0.39 is 0 Å². The molecule has 1 aromatic heterocycles. The van der Waals surface area contributed by atoms with Crippen molar-refractivity contribution in [2.75, 3.05) is 30.4 Å². The smallest absolute Gasteiger partial charge is 0.156 e. The predicted octanol–water partition coefficient (Wildman–Crippen LogP) is 4.54. The van der Waals surface area contributed by atoms with Gasteiger partial charge in [0.1, 0.15) is 5.75 Å². The van der Waals surface area contributed by atoms with Crippen molar-refractivity contribution in [2.45, 2.75) is 13.0 Å². The molecule has 146 valence electrons. The summed E-state index contributed by atoms with van der Waals surface area (Å²) in [5, 5.41) is 23.8. The third kappa shape index (κ3) is 3.96. The van der Waals surface area contributed by atoms with Crippen LogP contribution in [0.3, 0.4) is 0 Å². The zero-order valence-electron chi connectivity index (χ0n) is 16.0. The van der Waals surface area contributed by atoms with E-state index in [2.05, 4.69) is 38.6 Å². The molecule has 0 saturated carbocycles. The number of nitriles is 1. The van der Waals surface area contributed by atoms with Crippen LogP contribution in [0.25, 0.3) is 10.8 Å². The van der Waals surface area contributed by atoms with E-state index in [0.29, 0.717) is 28.7 Å². The standard InChI is InChI=1S/C22H20ClN5O/c1-29-21-6-5-15(10-19(21)23)13-25-22-17-9-16(12-24)11-20(18(17)14-26-27-22)28-7-3-2-4-8-28/h2-3,5-6,9-11,14H,4,7-8,13H2,1H3,(H,25,27). The second kappa shape index (κ2) is 8.38. The van der Waals surface area contributed by atoms with Crippen LogP contribution in [-0.4, -0.2) is 30.4 Å². The highest BCUT2D eigenvalue weighted by Crippen LogP contribution is 2.32. The van der Waals surface area contributed by atoms with Crippen molar-refractivity contribution in [2.24, 2.45) is 0 Å². The third-order valence-electron chi connectivity index (χ3n) is 4.96. The van der Waals surface area contributed by atoms with Gasteiger partial charge >= 0.3 is 0 Å². The molecule has 0 spiro atoms. The maximum atomic E-state index is 9.53. The van der Waals surface area contributed by atoms with E-state index >= 15 is 0 Å². The van der Waals surface area contributed by atoms with Crippen LogP contribution in [0.15, 0.2) is 48.7 Å². The topological polar surface area (TPSA) is 74.1 Å². The number of rotatable bonds is 5. The van der Waals surface area contributed by atoms with E-state index in [1.54, 1.807) is 13.3 Å². The van der Waals surface area contributed by atoms with E-state index in [0.717, 1.165) is 41.5 Å². The van der Waals surface area contributed by atoms with Gasteiger partial charge in [-0.05, 0) is 36.2 Å². The molecule has 1 N–H and O–H groups in total. The fraction of sp³-hybridized carbons (Fsp3) is 0.227. The monoisotopic (exact) mass is 405 g/mol. The molecule has 0 saturated heterocycles. The lowest BCUT2D eigenvalue weighted by Gasteiger charge is -2.27. The van der Waals surface area contributed by atoms with Crippen molar-refractivity contribution in [3.05, 3.63) is 64.8 Å². The average molecular weight is 406 g/mol. The molecule has 3 aromatic rings. The number of benzene rings is 2. The lowest BCUT2D eigenvalue weighted by atomic mass is 10.1. The van der Waals surface area contributed by atoms with Gasteiger partial charge in [-0.1, -0.05) is 29.8 Å². The Hall–Kier alpha value is -3.30. The largest absolute Gasteiger partial charge is 0.495 e. The summed E-state index contributed by atoms with van der Waals surface area (Å²) in [7, 11) is 1.59. The van der Waals surface area contributed by atoms with Gasteiger partial charge in [0.2, 0.25) is 0 Å². The Morgan fingerprint density at radius 3 is 2.86 bits per heavy atom. The maximum Gasteiger partial charge on any atom is 0.156 e. The molecule has 4 rings (SSSR count). The van der Waals surface area contributed by atoms with Crippen LogP contribution < -0.4 is 15.0 Å². The predicted molar refractivity (Wildman–Crippen MR) is 116 cm³/mol. The third-order valence-corrected chi connectivity index (χ3v) is 5.26. The number of nitrogens with zero attached hydrogens (tertiary/aromatic N) is 4. The van der Waals surface area contributed by atoms with Crippen molar-refractivity contribution in [3.63, 3.8) is 0 Å². The Kier molecular flexibility index (Phi) is 5.50. The van der Waals surface area contributed by atoms with E-state index in [-0.39, 0.29) is 0 Å². The lowest BCUT2D eigenvalue weighted by molar-refractivity contribution is 0.415. The highest BCUT2D eigenvalue weighted by Gasteiger charge is 2.15. The number of nitrogens with one attached hydrogen (secondary N) is 1. The first-order valence-electron chi connectivity index (χ1n) is 9.35. The molecule has 2 aromatic carbocycles. The Bertz CT molecular complexity index is 1120. The zero-order chi connectivity index (χ0) is 20.2. The number of hydrogen-bond acceptors (Lipinski definition) is 6. The second-order valence-electron chi connectivity index (χ2n) is 6.79. The molecule has 1 aliphatic heterocycles. The number of methoxy groups -OCH3 is 1. The molecule has 2 heterocycles. The van der Waals surface area contributed by atoms with Crippen molar-refractivity contribution in [1.29, 1.82) is 5.26 Å². The van der Waals surface area contributed by atoms with Crippen LogP contribution in [0.2, 0.25) is 5.02 Å². The molecule has 6 nitrogen and oxygen atoms in total. The summed E-state index contributed by atoms with van der Waals surface area (Å²) in [4.78, 5) is 2.26. The van der Waals surface area contributed by atoms with Crippen LogP contribution in [0.5, 0.6) is 5.75 Å². The number of anilines is 2. The molecule has 0 aliphatic carbocycles. The summed E-state index contributed by atoms with van der Waals surface area (Å²) in [5.41, 5.74) is 2.60. The fourth-order valence-electron chi connectivity index (χ4n) is 3.49. The Morgan fingerprint density at radius 1 is 1.24 bits per heavy atom. The molecule has 29 heavy (non-hydrogen) atoms. The average Bonchev–Trinajstić information content (AvgIpc) is 2.77. The van der Waals surface area contributed by atoms with Gasteiger partial charge in [0.25, 0.3) is 0 Å². The fourth-order valence-corrected chi connectivity index (χ4v) is 3.77. The molecule has 0 fully saturated rings. The molecule has 7 heteroatoms. The van der Waals surface area contributed by atoms with Crippen LogP contribution in [0.4, 0.5) is 11.5 Å². The quantitative estimate of drug-likeness (QED) is 0.628. The van der Waals surface area contributed by atoms with Gasteiger partial charge in [0.05, 0.1) is 30.0 Å². The van der Waals surface area contributed by atoms with Gasteiger partial charge in [-0.2, -0.15) is 10.4 Å². The van der Waals surface area contributed by atoms with E-state index in [1.165, 1.54) is 0 Å². The molecule has 0 radical (unpaired) electrons. The van der Waals surface area contributed by atoms with Crippen LogP contribution in [0.1, 0.15) is 17.5 Å². The van der Waals surface area contributed by atoms with Gasteiger partial charge in [0.15, 0.2) is 5.82 Å². The summed E-state index contributed by atoms with van der Waals surface area (Å²) in [6.45, 7) is 2.26. The molecule has 0 atom stereocenters. The molecular weight excluding hydrogens is 386 g/mol. The number of hydrogen-bond donors (Lipinski definition) is 1. The summed E-state index contributed by atoms with van der Waals surface area (Å²) >= 11 is 6.22. The SMILES string of the molecule is COc1ccc(CNc2nncc3c(N4CC=CCC4)cc(C#N)cc23)cc1Cl. The zero-order valence-corrected chi connectivity index (χ0v) is 16.8. The van der Waals surface area contributed by atoms with Crippen LogP contribution in [-0.2, 0) is 6.54 Å². The van der Waals surface area contributed by atoms with Gasteiger partial charge in [-0.25, -0.2) is 0 Å². The van der Waals surface area contributed by atoms with Crippen molar-refractivity contribution in [3.8, 4) is 11.8 Å². The molecule has 0 unspecified atom stereocenters. The van der Waals surface area contributed by atoms with Crippen LogP contribution >= 0.6 is 11.6 Å². The van der Waals surface area contributed by atoms with Crippen molar-refractivity contribution in [1.82, 2.24) is 10.2 Å². The lowest BCUT2D eigenvalue weighted by Crippen LogP contribution is -2.27. The first-order valence-corrected chi connectivity index (χ1v) is 9.73. The Balaban J connectivity index is 1.69. The minimum absolute atomic E-state index is 0.524. The van der Waals surface area contributed by atoms with E-state index in [1.807, 2.05) is 30.3 Å². The highest BCUT2D eigenvalue weighted by molar-refractivity contribution is 6.32. The Labute approximate surface area is 174 Å². The van der Waals surface area contributed by atoms with Crippen LogP contribution in [0, 0.1) is 11.3 Å². The van der Waals surface area contributed by atoms with Gasteiger partial charge in [-0.3, -0.25) is 0 Å². The van der Waals surface area contributed by atoms with Crippen molar-refractivity contribution < 1.29 is 4.74 Å². The number of halogens is 1. The molecular formula is C22H20ClN5O. The summed E-state index contributed by atoms with van der Waals surface area (Å²) in [6, 6.07) is 11.7. The number of fused-ring (bicyclic) bond motifs is 1. The van der Waals surface area contributed by atoms with Gasteiger partial charge in [-0.15, -0.1) is 5.10 Å². The number of aromatic nitrogens is 2. The normalized spacial score (nSPS) is 13.3. The number of ether oxygens (including phenoxy) is 1. The molecule has 0 amide bonds. The molecule has 0 bridgehead atoms. The van der Waals surface area contributed by atoms with Gasteiger partial charge in [0, 0.05) is 36.1 Å². The summed E-state index contributed by atoms with van der Waals surface area (Å²) in [6.07, 6.45) is 7.08. The molecule has 1 aliphatic rings. The summed E-state index contributed by atoms with van der Waals surface area (Å²) < 4.78 is 5.20.